The zero-order valence-electron chi connectivity index (χ0n) is 8.53. The Morgan fingerprint density at radius 1 is 1.14 bits per heavy atom. The van der Waals surface area contributed by atoms with Crippen LogP contribution < -0.4 is 0 Å². The highest BCUT2D eigenvalue weighted by Gasteiger charge is 2.06. The van der Waals surface area contributed by atoms with Crippen molar-refractivity contribution in [3.63, 3.8) is 0 Å². The molecule has 1 atom stereocenters. The van der Waals surface area contributed by atoms with E-state index in [0.29, 0.717) is 19.0 Å². The SMILES string of the molecule is CCCC(CCCN=C=O)CN=C=O. The number of nitrogens with zero attached hydrogens (tertiary/aromatic N) is 2. The first kappa shape index (κ1) is 12.8. The molecule has 0 aromatic heterocycles. The second-order valence-electron chi connectivity index (χ2n) is 3.20. The van der Waals surface area contributed by atoms with Crippen LogP contribution in [-0.2, 0) is 9.59 Å². The van der Waals surface area contributed by atoms with Gasteiger partial charge in [-0.3, -0.25) is 0 Å². The van der Waals surface area contributed by atoms with E-state index in [-0.39, 0.29) is 0 Å². The van der Waals surface area contributed by atoms with Gasteiger partial charge in [-0.1, -0.05) is 13.3 Å². The molecule has 0 saturated carbocycles. The standard InChI is InChI=1S/C10H16N2O2/c1-2-4-10(7-12-9-14)5-3-6-11-8-13/h10H,2-7H2,1H3. The summed E-state index contributed by atoms with van der Waals surface area (Å²) in [7, 11) is 0. The zero-order valence-corrected chi connectivity index (χ0v) is 8.53. The third-order valence-corrected chi connectivity index (χ3v) is 2.06. The Bertz CT molecular complexity index is 228. The first-order chi connectivity index (χ1) is 6.85. The summed E-state index contributed by atoms with van der Waals surface area (Å²) in [6, 6.07) is 0. The van der Waals surface area contributed by atoms with Crippen LogP contribution in [0.3, 0.4) is 0 Å². The lowest BCUT2D eigenvalue weighted by molar-refractivity contribution is 0.443. The van der Waals surface area contributed by atoms with Gasteiger partial charge in [-0.15, -0.1) is 0 Å². The molecule has 0 N–H and O–H groups in total. The van der Waals surface area contributed by atoms with Gasteiger partial charge in [0.2, 0.25) is 12.2 Å². The minimum absolute atomic E-state index is 0.420. The molecule has 0 fully saturated rings. The molecule has 1 unspecified atom stereocenters. The minimum Gasteiger partial charge on any atom is -0.211 e. The summed E-state index contributed by atoms with van der Waals surface area (Å²) >= 11 is 0. The topological polar surface area (TPSA) is 58.9 Å². The van der Waals surface area contributed by atoms with Crippen molar-refractivity contribution in [1.82, 2.24) is 0 Å². The number of rotatable bonds is 8. The Balaban J connectivity index is 3.71. The van der Waals surface area contributed by atoms with E-state index in [2.05, 4.69) is 16.9 Å². The van der Waals surface area contributed by atoms with Crippen LogP contribution in [0.15, 0.2) is 9.98 Å². The first-order valence-corrected chi connectivity index (χ1v) is 4.92. The Hall–Kier alpha value is -1.24. The van der Waals surface area contributed by atoms with Crippen LogP contribution in [-0.4, -0.2) is 25.2 Å². The van der Waals surface area contributed by atoms with Gasteiger partial charge in [0.25, 0.3) is 0 Å². The summed E-state index contributed by atoms with van der Waals surface area (Å²) < 4.78 is 0. The van der Waals surface area contributed by atoms with Crippen molar-refractivity contribution in [2.45, 2.75) is 32.6 Å². The lowest BCUT2D eigenvalue weighted by Crippen LogP contribution is -2.05. The normalized spacial score (nSPS) is 11.2. The second kappa shape index (κ2) is 9.85. The number of isocyanates is 2. The van der Waals surface area contributed by atoms with Crippen molar-refractivity contribution in [1.29, 1.82) is 0 Å². The summed E-state index contributed by atoms with van der Waals surface area (Å²) in [4.78, 5) is 26.8. The maximum Gasteiger partial charge on any atom is 0.234 e. The number of hydrogen-bond acceptors (Lipinski definition) is 4. The molecule has 0 aliphatic carbocycles. The highest BCUT2D eigenvalue weighted by molar-refractivity contribution is 5.33. The highest BCUT2D eigenvalue weighted by Crippen LogP contribution is 2.13. The summed E-state index contributed by atoms with van der Waals surface area (Å²) in [5, 5.41) is 0. The van der Waals surface area contributed by atoms with Gasteiger partial charge in [-0.05, 0) is 25.2 Å². The molecule has 0 spiro atoms. The van der Waals surface area contributed by atoms with Crippen LogP contribution in [0.5, 0.6) is 0 Å². The molecule has 4 nitrogen and oxygen atoms in total. The van der Waals surface area contributed by atoms with Crippen LogP contribution >= 0.6 is 0 Å². The van der Waals surface area contributed by atoms with E-state index >= 15 is 0 Å². The predicted octanol–water partition coefficient (Wildman–Crippen LogP) is 1.85. The smallest absolute Gasteiger partial charge is 0.211 e. The van der Waals surface area contributed by atoms with E-state index in [1.807, 2.05) is 0 Å². The summed E-state index contributed by atoms with van der Waals surface area (Å²) in [6.07, 6.45) is 6.99. The molecule has 0 aliphatic heterocycles. The van der Waals surface area contributed by atoms with Gasteiger partial charge in [-0.2, -0.15) is 0 Å². The van der Waals surface area contributed by atoms with E-state index in [1.165, 1.54) is 6.08 Å². The van der Waals surface area contributed by atoms with E-state index in [1.54, 1.807) is 6.08 Å². The quantitative estimate of drug-likeness (QED) is 0.338. The van der Waals surface area contributed by atoms with Crippen molar-refractivity contribution in [3.05, 3.63) is 0 Å². The van der Waals surface area contributed by atoms with Gasteiger partial charge >= 0.3 is 0 Å². The number of aliphatic imine (C=N–C) groups is 2. The fourth-order valence-corrected chi connectivity index (χ4v) is 1.41. The van der Waals surface area contributed by atoms with Gasteiger partial charge in [0.15, 0.2) is 0 Å². The lowest BCUT2D eigenvalue weighted by atomic mass is 9.98. The molecular weight excluding hydrogens is 180 g/mol. The van der Waals surface area contributed by atoms with Crippen molar-refractivity contribution >= 4 is 12.2 Å². The number of carbonyl (C=O) groups excluding carboxylic acids is 2. The number of hydrogen-bond donors (Lipinski definition) is 0. The molecule has 14 heavy (non-hydrogen) atoms. The summed E-state index contributed by atoms with van der Waals surface area (Å²) in [6.45, 7) is 3.16. The summed E-state index contributed by atoms with van der Waals surface area (Å²) in [5.41, 5.74) is 0. The van der Waals surface area contributed by atoms with E-state index in [0.717, 1.165) is 25.7 Å². The molecule has 78 valence electrons. The molecule has 0 amide bonds. The molecule has 0 aliphatic rings. The third kappa shape index (κ3) is 7.41. The molecule has 0 aromatic rings. The van der Waals surface area contributed by atoms with Gasteiger partial charge in [0.05, 0.1) is 13.1 Å². The van der Waals surface area contributed by atoms with Crippen LogP contribution in [0, 0.1) is 5.92 Å². The Morgan fingerprint density at radius 3 is 2.43 bits per heavy atom. The fourth-order valence-electron chi connectivity index (χ4n) is 1.41. The molecule has 0 radical (unpaired) electrons. The van der Waals surface area contributed by atoms with Crippen LogP contribution in [0.25, 0.3) is 0 Å². The molecule has 0 rings (SSSR count). The molecule has 0 aromatic carbocycles. The van der Waals surface area contributed by atoms with Crippen LogP contribution in [0.2, 0.25) is 0 Å². The largest absolute Gasteiger partial charge is 0.234 e. The van der Waals surface area contributed by atoms with Crippen LogP contribution in [0.1, 0.15) is 32.6 Å². The average molecular weight is 196 g/mol. The van der Waals surface area contributed by atoms with E-state index in [4.69, 9.17) is 0 Å². The molecule has 4 heteroatoms. The molecule has 0 saturated heterocycles. The Morgan fingerprint density at radius 2 is 1.86 bits per heavy atom. The fraction of sp³-hybridized carbons (Fsp3) is 0.800. The van der Waals surface area contributed by atoms with Crippen molar-refractivity contribution in [2.75, 3.05) is 13.1 Å². The van der Waals surface area contributed by atoms with Gasteiger partial charge in [0, 0.05) is 0 Å². The maximum atomic E-state index is 9.93. The van der Waals surface area contributed by atoms with E-state index < -0.39 is 0 Å². The lowest BCUT2D eigenvalue weighted by Gasteiger charge is -2.10. The summed E-state index contributed by atoms with van der Waals surface area (Å²) in [5.74, 6) is 0.420. The monoisotopic (exact) mass is 196 g/mol. The van der Waals surface area contributed by atoms with Crippen molar-refractivity contribution in [3.8, 4) is 0 Å². The first-order valence-electron chi connectivity index (χ1n) is 4.92. The molecule has 0 bridgehead atoms. The molecule has 0 heterocycles. The molecular formula is C10H16N2O2. The van der Waals surface area contributed by atoms with Gasteiger partial charge in [0.1, 0.15) is 0 Å². The maximum absolute atomic E-state index is 9.93. The van der Waals surface area contributed by atoms with Crippen LogP contribution in [0.4, 0.5) is 0 Å². The van der Waals surface area contributed by atoms with Gasteiger partial charge < -0.3 is 0 Å². The Labute approximate surface area is 84.1 Å². The Kier molecular flexibility index (Phi) is 8.97. The zero-order chi connectivity index (χ0) is 10.6. The van der Waals surface area contributed by atoms with Gasteiger partial charge in [-0.25, -0.2) is 19.6 Å². The van der Waals surface area contributed by atoms with E-state index in [9.17, 15) is 9.59 Å². The average Bonchev–Trinajstić information content (AvgIpc) is 2.20. The third-order valence-electron chi connectivity index (χ3n) is 2.06. The minimum atomic E-state index is 0.420. The van der Waals surface area contributed by atoms with Crippen molar-refractivity contribution < 1.29 is 9.59 Å². The highest BCUT2D eigenvalue weighted by atomic mass is 16.1. The predicted molar refractivity (Wildman–Crippen MR) is 53.6 cm³/mol. The second-order valence-corrected chi connectivity index (χ2v) is 3.20. The van der Waals surface area contributed by atoms with Crippen molar-refractivity contribution in [2.24, 2.45) is 15.9 Å².